The van der Waals surface area contributed by atoms with Gasteiger partial charge in [-0.05, 0) is 46.5 Å². The van der Waals surface area contributed by atoms with Crippen LogP contribution in [0, 0.1) is 0 Å². The van der Waals surface area contributed by atoms with Crippen LogP contribution in [0.25, 0.3) is 44.2 Å². The van der Waals surface area contributed by atoms with Crippen LogP contribution in [0.5, 0.6) is 0 Å². The lowest BCUT2D eigenvalue weighted by molar-refractivity contribution is -0.138. The Balaban J connectivity index is 1.28. The number of fused-ring (bicyclic) bond motifs is 3. The van der Waals surface area contributed by atoms with Crippen LogP contribution >= 0.6 is 11.8 Å². The Hall–Kier alpha value is -5.34. The van der Waals surface area contributed by atoms with Crippen LogP contribution in [0.15, 0.2) is 120 Å². The number of aromatic carboxylic acids is 1. The zero-order valence-electron chi connectivity index (χ0n) is 23.4. The van der Waals surface area contributed by atoms with Crippen molar-refractivity contribution < 1.29 is 29.0 Å². The van der Waals surface area contributed by atoms with Crippen molar-refractivity contribution in [3.63, 3.8) is 0 Å². The topological polar surface area (TPSA) is 117 Å². The summed E-state index contributed by atoms with van der Waals surface area (Å²) in [6.07, 6.45) is 0. The van der Waals surface area contributed by atoms with Gasteiger partial charge >= 0.3 is 11.9 Å². The normalized spacial score (nSPS) is 11.8. The summed E-state index contributed by atoms with van der Waals surface area (Å²) in [4.78, 5) is 36.4. The van der Waals surface area contributed by atoms with Gasteiger partial charge in [0.1, 0.15) is 17.2 Å². The van der Waals surface area contributed by atoms with Crippen molar-refractivity contribution in [2.45, 2.75) is 11.8 Å². The fourth-order valence-corrected chi connectivity index (χ4v) is 6.30. The Morgan fingerprint density at radius 2 is 1.41 bits per heavy atom. The summed E-state index contributed by atoms with van der Waals surface area (Å²) in [6, 6.07) is 34.9. The molecule has 1 aromatic heterocycles. The number of furan rings is 1. The predicted molar refractivity (Wildman–Crippen MR) is 173 cm³/mol. The lowest BCUT2D eigenvalue weighted by atomic mass is 9.92. The number of amides is 1. The van der Waals surface area contributed by atoms with Crippen LogP contribution in [0.4, 0.5) is 0 Å². The van der Waals surface area contributed by atoms with E-state index >= 15 is 0 Å². The molecule has 0 bridgehead atoms. The quantitative estimate of drug-likeness (QED) is 0.147. The van der Waals surface area contributed by atoms with E-state index in [0.717, 1.165) is 49.8 Å². The van der Waals surface area contributed by atoms with Crippen LogP contribution in [0.1, 0.15) is 26.3 Å². The number of hydrogen-bond acceptors (Lipinski definition) is 5. The minimum absolute atomic E-state index is 0.0860. The number of rotatable bonds is 10. The highest BCUT2D eigenvalue weighted by atomic mass is 32.2. The summed E-state index contributed by atoms with van der Waals surface area (Å²) in [5.41, 5.74) is 6.37. The van der Waals surface area contributed by atoms with Crippen LogP contribution in [0.2, 0.25) is 0 Å². The fourth-order valence-electron chi connectivity index (χ4n) is 5.31. The van der Waals surface area contributed by atoms with Crippen LogP contribution < -0.4 is 5.32 Å². The second kappa shape index (κ2) is 12.5. The van der Waals surface area contributed by atoms with Gasteiger partial charge in [-0.3, -0.25) is 4.79 Å². The largest absolute Gasteiger partial charge is 0.480 e. The first-order chi connectivity index (χ1) is 21.4. The molecule has 0 fully saturated rings. The molecule has 6 rings (SSSR count). The molecule has 0 aliphatic rings. The summed E-state index contributed by atoms with van der Waals surface area (Å²) in [6.45, 7) is 0. The molecule has 44 heavy (non-hydrogen) atoms. The molecule has 0 spiro atoms. The van der Waals surface area contributed by atoms with E-state index in [1.54, 1.807) is 0 Å². The third-order valence-corrected chi connectivity index (χ3v) is 8.53. The maximum absolute atomic E-state index is 12.8. The average Bonchev–Trinajstić information content (AvgIpc) is 3.43. The van der Waals surface area contributed by atoms with E-state index in [1.807, 2.05) is 60.7 Å². The van der Waals surface area contributed by atoms with E-state index in [0.29, 0.717) is 5.75 Å². The second-order valence-corrected chi connectivity index (χ2v) is 11.3. The van der Waals surface area contributed by atoms with Crippen LogP contribution in [-0.2, 0) is 10.5 Å². The predicted octanol–water partition coefficient (Wildman–Crippen LogP) is 7.73. The van der Waals surface area contributed by atoms with Crippen LogP contribution in [-0.4, -0.2) is 39.9 Å². The molecule has 0 saturated heterocycles. The summed E-state index contributed by atoms with van der Waals surface area (Å²) >= 11 is 1.37. The number of para-hydroxylation sites is 2. The van der Waals surface area contributed by atoms with E-state index in [-0.39, 0.29) is 16.9 Å². The number of hydrogen-bond donors (Lipinski definition) is 3. The highest BCUT2D eigenvalue weighted by Crippen LogP contribution is 2.40. The number of nitrogens with one attached hydrogen (secondary N) is 1. The number of aliphatic carboxylic acids is 1. The lowest BCUT2D eigenvalue weighted by Crippen LogP contribution is -2.43. The van der Waals surface area contributed by atoms with Crippen molar-refractivity contribution >= 4 is 51.5 Å². The smallest absolute Gasteiger partial charge is 0.336 e. The molecule has 5 aromatic carbocycles. The Kier molecular flexibility index (Phi) is 8.16. The van der Waals surface area contributed by atoms with E-state index in [2.05, 4.69) is 35.6 Å². The van der Waals surface area contributed by atoms with E-state index in [1.165, 1.54) is 36.0 Å². The highest BCUT2D eigenvalue weighted by molar-refractivity contribution is 7.98. The number of carboxylic acids is 2. The number of thioether (sulfide) groups is 1. The van der Waals surface area contributed by atoms with Gasteiger partial charge in [-0.15, -0.1) is 0 Å². The van der Waals surface area contributed by atoms with Gasteiger partial charge in [0, 0.05) is 27.8 Å². The molecule has 0 saturated carbocycles. The third-order valence-electron chi connectivity index (χ3n) is 7.42. The van der Waals surface area contributed by atoms with Gasteiger partial charge in [0.15, 0.2) is 0 Å². The molecule has 8 heteroatoms. The van der Waals surface area contributed by atoms with Gasteiger partial charge < -0.3 is 19.9 Å². The minimum atomic E-state index is -1.26. The third kappa shape index (κ3) is 5.80. The first-order valence-corrected chi connectivity index (χ1v) is 15.1. The van der Waals surface area contributed by atoms with Gasteiger partial charge in [0.25, 0.3) is 5.91 Å². The molecular formula is C36H27NO6S. The molecule has 1 amide bonds. The first kappa shape index (κ1) is 28.8. The Labute approximate surface area is 257 Å². The van der Waals surface area contributed by atoms with Crippen molar-refractivity contribution in [2.75, 3.05) is 5.75 Å². The Bertz CT molecular complexity index is 2020. The second-order valence-electron chi connectivity index (χ2n) is 10.3. The van der Waals surface area contributed by atoms with Crippen molar-refractivity contribution in [1.82, 2.24) is 5.32 Å². The number of carbonyl (C=O) groups is 3. The summed E-state index contributed by atoms with van der Waals surface area (Å²) in [7, 11) is 0. The molecule has 1 heterocycles. The average molecular weight is 602 g/mol. The van der Waals surface area contributed by atoms with Crippen molar-refractivity contribution in [2.24, 2.45) is 0 Å². The fraction of sp³-hybridized carbons (Fsp3) is 0.0833. The summed E-state index contributed by atoms with van der Waals surface area (Å²) < 4.78 is 6.36. The summed E-state index contributed by atoms with van der Waals surface area (Å²) in [5, 5.41) is 23.8. The van der Waals surface area contributed by atoms with Crippen molar-refractivity contribution in [1.29, 1.82) is 0 Å². The standard InChI is InChI=1S/C36H27NO6S/c38-34(28-12-4-5-13-29(28)35(39)40)37-31(36(41)42)21-44-20-22-17-18-24(23-9-2-1-3-10-23)30(19-22)27-15-8-14-26-25-11-6-7-16-32(25)43-33(26)27/h1-19,31H,20-21H2,(H,37,38)(H,39,40)(H,41,42). The number of carbonyl (C=O) groups excluding carboxylic acids is 1. The molecule has 1 atom stereocenters. The summed E-state index contributed by atoms with van der Waals surface area (Å²) in [5.74, 6) is -2.63. The lowest BCUT2D eigenvalue weighted by Gasteiger charge is -2.16. The van der Waals surface area contributed by atoms with Gasteiger partial charge in [0.2, 0.25) is 0 Å². The molecular weight excluding hydrogens is 574 g/mol. The van der Waals surface area contributed by atoms with Crippen molar-refractivity contribution in [3.05, 3.63) is 132 Å². The zero-order valence-corrected chi connectivity index (χ0v) is 24.2. The van der Waals surface area contributed by atoms with E-state index < -0.39 is 23.9 Å². The SMILES string of the molecule is O=C(O)c1ccccc1C(=O)NC(CSCc1ccc(-c2ccccc2)c(-c2cccc3c2oc2ccccc23)c1)C(=O)O. The van der Waals surface area contributed by atoms with E-state index in [4.69, 9.17) is 4.42 Å². The zero-order chi connectivity index (χ0) is 30.6. The number of benzene rings is 5. The molecule has 1 unspecified atom stereocenters. The highest BCUT2D eigenvalue weighted by Gasteiger charge is 2.24. The van der Waals surface area contributed by atoms with E-state index in [9.17, 15) is 24.6 Å². The molecule has 0 aliphatic carbocycles. The molecule has 7 nitrogen and oxygen atoms in total. The monoisotopic (exact) mass is 601 g/mol. The van der Waals surface area contributed by atoms with Gasteiger partial charge in [-0.2, -0.15) is 11.8 Å². The minimum Gasteiger partial charge on any atom is -0.480 e. The molecule has 6 aromatic rings. The molecule has 0 radical (unpaired) electrons. The van der Waals surface area contributed by atoms with Gasteiger partial charge in [-0.25, -0.2) is 9.59 Å². The molecule has 218 valence electrons. The van der Waals surface area contributed by atoms with Crippen molar-refractivity contribution in [3.8, 4) is 22.3 Å². The van der Waals surface area contributed by atoms with Gasteiger partial charge in [-0.1, -0.05) is 91.0 Å². The first-order valence-electron chi connectivity index (χ1n) is 13.9. The van der Waals surface area contributed by atoms with Gasteiger partial charge in [0.05, 0.1) is 11.1 Å². The maximum atomic E-state index is 12.8. The Morgan fingerprint density at radius 3 is 2.18 bits per heavy atom. The maximum Gasteiger partial charge on any atom is 0.336 e. The number of carboxylic acid groups (broad SMARTS) is 2. The Morgan fingerprint density at radius 1 is 0.705 bits per heavy atom. The van der Waals surface area contributed by atoms with Crippen LogP contribution in [0.3, 0.4) is 0 Å². The molecule has 0 aliphatic heterocycles. The molecule has 3 N–H and O–H groups in total.